The van der Waals surface area contributed by atoms with Crippen molar-refractivity contribution in [2.45, 2.75) is 38.8 Å². The average Bonchev–Trinajstić information content (AvgIpc) is 3.05. The van der Waals surface area contributed by atoms with Gasteiger partial charge in [0.25, 0.3) is 0 Å². The van der Waals surface area contributed by atoms with Crippen LogP contribution in [-0.4, -0.2) is 57.4 Å². The highest BCUT2D eigenvalue weighted by Gasteiger charge is 2.25. The summed E-state index contributed by atoms with van der Waals surface area (Å²) in [6, 6.07) is 8.26. The fraction of sp³-hybridized carbons (Fsp3) is 0.579. The topological polar surface area (TPSA) is 75.2 Å². The Morgan fingerprint density at radius 2 is 2.08 bits per heavy atom. The Morgan fingerprint density at radius 1 is 1.35 bits per heavy atom. The Hall–Kier alpha value is -2.44. The number of esters is 1. The third-order valence-corrected chi connectivity index (χ3v) is 4.00. The number of rotatable bonds is 5. The lowest BCUT2D eigenvalue weighted by Crippen LogP contribution is -2.46. The number of hydrogen-bond donors (Lipinski definition) is 2. The monoisotopic (exact) mass is 362 g/mol. The second-order valence-corrected chi connectivity index (χ2v) is 7.26. The number of carbonyl (C=O) groups excluding carboxylic acids is 1. The first kappa shape index (κ1) is 19.9. The smallest absolute Gasteiger partial charge is 0.325 e. The van der Waals surface area contributed by atoms with Gasteiger partial charge in [-0.25, -0.2) is 0 Å². The summed E-state index contributed by atoms with van der Waals surface area (Å²) in [7, 11) is 3.38. The van der Waals surface area contributed by atoms with E-state index in [2.05, 4.69) is 26.6 Å². The van der Waals surface area contributed by atoms with Crippen molar-refractivity contribution in [3.05, 3.63) is 24.3 Å². The Bertz CT molecular complexity index is 640. The number of benzene rings is 1. The minimum absolute atomic E-state index is 0.0832. The van der Waals surface area contributed by atoms with E-state index in [-0.39, 0.29) is 18.6 Å². The molecule has 1 atom stereocenters. The molecule has 144 valence electrons. The Labute approximate surface area is 155 Å². The van der Waals surface area contributed by atoms with E-state index in [9.17, 15) is 4.79 Å². The van der Waals surface area contributed by atoms with Crippen LogP contribution >= 0.6 is 0 Å². The van der Waals surface area contributed by atoms with Gasteiger partial charge in [0.1, 0.15) is 17.9 Å². The van der Waals surface area contributed by atoms with Crippen LogP contribution in [0.1, 0.15) is 27.2 Å². The molecular formula is C19H30N4O3. The molecule has 2 N–H and O–H groups in total. The summed E-state index contributed by atoms with van der Waals surface area (Å²) in [5.41, 5.74) is 0.604. The van der Waals surface area contributed by atoms with E-state index in [1.54, 1.807) is 14.2 Å². The molecule has 1 aromatic carbocycles. The summed E-state index contributed by atoms with van der Waals surface area (Å²) in [6.07, 6.45) is 0.977. The van der Waals surface area contributed by atoms with Crippen LogP contribution in [0.5, 0.6) is 5.75 Å². The van der Waals surface area contributed by atoms with Gasteiger partial charge in [-0.3, -0.25) is 9.79 Å². The van der Waals surface area contributed by atoms with Crippen molar-refractivity contribution in [1.29, 1.82) is 0 Å². The molecule has 26 heavy (non-hydrogen) atoms. The lowest BCUT2D eigenvalue weighted by molar-refractivity contribution is -0.153. The number of anilines is 1. The minimum Gasteiger partial charge on any atom is -0.495 e. The number of nitrogens with zero attached hydrogens (tertiary/aromatic N) is 2. The fourth-order valence-electron chi connectivity index (χ4n) is 2.91. The van der Waals surface area contributed by atoms with Crippen LogP contribution in [0.25, 0.3) is 0 Å². The Kier molecular flexibility index (Phi) is 6.71. The van der Waals surface area contributed by atoms with E-state index in [0.717, 1.165) is 30.9 Å². The second kappa shape index (κ2) is 8.78. The third kappa shape index (κ3) is 5.82. The molecule has 1 saturated heterocycles. The van der Waals surface area contributed by atoms with Crippen molar-refractivity contribution >= 4 is 17.6 Å². The van der Waals surface area contributed by atoms with Crippen LogP contribution in [-0.2, 0) is 9.53 Å². The molecule has 1 aliphatic heterocycles. The number of para-hydroxylation sites is 2. The van der Waals surface area contributed by atoms with Crippen LogP contribution < -0.4 is 20.3 Å². The van der Waals surface area contributed by atoms with Gasteiger partial charge in [-0.2, -0.15) is 0 Å². The molecule has 7 nitrogen and oxygen atoms in total. The van der Waals surface area contributed by atoms with Gasteiger partial charge in [0, 0.05) is 26.2 Å². The van der Waals surface area contributed by atoms with Crippen molar-refractivity contribution in [2.24, 2.45) is 4.99 Å². The van der Waals surface area contributed by atoms with Gasteiger partial charge in [-0.15, -0.1) is 0 Å². The predicted molar refractivity (Wildman–Crippen MR) is 104 cm³/mol. The van der Waals surface area contributed by atoms with Gasteiger partial charge in [0.15, 0.2) is 5.96 Å². The molecule has 0 bridgehead atoms. The molecule has 2 rings (SSSR count). The molecule has 7 heteroatoms. The van der Waals surface area contributed by atoms with Crippen LogP contribution in [0.3, 0.4) is 0 Å². The summed E-state index contributed by atoms with van der Waals surface area (Å²) in [4.78, 5) is 18.3. The number of methoxy groups -OCH3 is 1. The average molecular weight is 362 g/mol. The van der Waals surface area contributed by atoms with Crippen molar-refractivity contribution in [3.8, 4) is 5.75 Å². The van der Waals surface area contributed by atoms with E-state index in [1.807, 2.05) is 39.0 Å². The summed E-state index contributed by atoms with van der Waals surface area (Å²) in [5.74, 6) is 1.17. The maximum absolute atomic E-state index is 11.8. The van der Waals surface area contributed by atoms with Gasteiger partial charge in [-0.05, 0) is 39.3 Å². The lowest BCUT2D eigenvalue weighted by atomic mass is 10.2. The predicted octanol–water partition coefficient (Wildman–Crippen LogP) is 1.78. The summed E-state index contributed by atoms with van der Waals surface area (Å²) in [5, 5.41) is 6.39. The highest BCUT2D eigenvalue weighted by molar-refractivity contribution is 5.84. The van der Waals surface area contributed by atoms with Crippen LogP contribution in [0.4, 0.5) is 5.69 Å². The number of hydrogen-bond acceptors (Lipinski definition) is 5. The fourth-order valence-corrected chi connectivity index (χ4v) is 2.91. The van der Waals surface area contributed by atoms with E-state index in [4.69, 9.17) is 9.47 Å². The van der Waals surface area contributed by atoms with Crippen molar-refractivity contribution in [1.82, 2.24) is 10.6 Å². The number of carbonyl (C=O) groups is 1. The van der Waals surface area contributed by atoms with Crippen LogP contribution in [0.15, 0.2) is 29.3 Å². The zero-order valence-electron chi connectivity index (χ0n) is 16.3. The standard InChI is InChI=1S/C19H30N4O3/c1-19(2,3)26-17(24)12-21-18(20-4)22-14-10-11-23(13-14)15-8-6-7-9-16(15)25-5/h6-9,14H,10-13H2,1-5H3,(H2,20,21,22). The molecule has 0 amide bonds. The molecule has 1 heterocycles. The number of guanidine groups is 1. The highest BCUT2D eigenvalue weighted by atomic mass is 16.6. The molecule has 0 spiro atoms. The van der Waals surface area contributed by atoms with Crippen LogP contribution in [0.2, 0.25) is 0 Å². The second-order valence-electron chi connectivity index (χ2n) is 7.26. The largest absolute Gasteiger partial charge is 0.495 e. The molecular weight excluding hydrogens is 332 g/mol. The molecule has 1 unspecified atom stereocenters. The molecule has 1 aromatic rings. The molecule has 0 radical (unpaired) electrons. The number of aliphatic imine (C=N–C) groups is 1. The molecule has 1 aliphatic rings. The van der Waals surface area contributed by atoms with Gasteiger partial charge in [0.05, 0.1) is 12.8 Å². The van der Waals surface area contributed by atoms with Crippen molar-refractivity contribution in [3.63, 3.8) is 0 Å². The maximum Gasteiger partial charge on any atom is 0.325 e. The number of nitrogens with one attached hydrogen (secondary N) is 2. The first-order valence-electron chi connectivity index (χ1n) is 8.89. The Morgan fingerprint density at radius 3 is 2.73 bits per heavy atom. The van der Waals surface area contributed by atoms with E-state index < -0.39 is 5.60 Å². The molecule has 0 aliphatic carbocycles. The lowest BCUT2D eigenvalue weighted by Gasteiger charge is -2.22. The number of ether oxygens (including phenoxy) is 2. The van der Waals surface area contributed by atoms with E-state index >= 15 is 0 Å². The first-order chi connectivity index (χ1) is 12.3. The van der Waals surface area contributed by atoms with Gasteiger partial charge < -0.3 is 25.0 Å². The summed E-state index contributed by atoms with van der Waals surface area (Å²) >= 11 is 0. The Balaban J connectivity index is 1.85. The third-order valence-electron chi connectivity index (χ3n) is 4.00. The van der Waals surface area contributed by atoms with Gasteiger partial charge >= 0.3 is 5.97 Å². The van der Waals surface area contributed by atoms with Crippen molar-refractivity contribution < 1.29 is 14.3 Å². The first-order valence-corrected chi connectivity index (χ1v) is 8.89. The quantitative estimate of drug-likeness (QED) is 0.472. The van der Waals surface area contributed by atoms with Gasteiger partial charge in [0.2, 0.25) is 0 Å². The zero-order chi connectivity index (χ0) is 19.2. The molecule has 1 fully saturated rings. The molecule has 0 saturated carbocycles. The normalized spacial score (nSPS) is 17.8. The summed E-state index contributed by atoms with van der Waals surface area (Å²) in [6.45, 7) is 7.41. The summed E-state index contributed by atoms with van der Waals surface area (Å²) < 4.78 is 10.7. The van der Waals surface area contributed by atoms with Crippen molar-refractivity contribution in [2.75, 3.05) is 38.7 Å². The maximum atomic E-state index is 11.8. The molecule has 0 aromatic heterocycles. The van der Waals surface area contributed by atoms with E-state index in [1.165, 1.54) is 0 Å². The SMILES string of the molecule is CN=C(NCC(=O)OC(C)(C)C)NC1CCN(c2ccccc2OC)C1. The van der Waals surface area contributed by atoms with E-state index in [0.29, 0.717) is 5.96 Å². The van der Waals surface area contributed by atoms with Crippen LogP contribution in [0, 0.1) is 0 Å². The zero-order valence-corrected chi connectivity index (χ0v) is 16.3. The highest BCUT2D eigenvalue weighted by Crippen LogP contribution is 2.30. The van der Waals surface area contributed by atoms with Gasteiger partial charge in [-0.1, -0.05) is 12.1 Å². The minimum atomic E-state index is -0.490.